The minimum atomic E-state index is -0.333. The van der Waals surface area contributed by atoms with E-state index in [-0.39, 0.29) is 22.0 Å². The van der Waals surface area contributed by atoms with Gasteiger partial charge in [-0.15, -0.1) is 0 Å². The maximum atomic E-state index is 11.5. The Hall–Kier alpha value is -1.93. The summed E-state index contributed by atoms with van der Waals surface area (Å²) in [7, 11) is 0. The van der Waals surface area contributed by atoms with Crippen molar-refractivity contribution in [3.8, 4) is 0 Å². The molecule has 8 heteroatoms. The molecular weight excluding hydrogens is 420 g/mol. The lowest BCUT2D eigenvalue weighted by atomic mass is 10.1. The van der Waals surface area contributed by atoms with Crippen molar-refractivity contribution in [3.63, 3.8) is 0 Å². The van der Waals surface area contributed by atoms with Crippen LogP contribution in [0.3, 0.4) is 0 Å². The summed E-state index contributed by atoms with van der Waals surface area (Å²) < 4.78 is 0. The Morgan fingerprint density at radius 3 is 1.67 bits per heavy atom. The molecule has 0 unspecified atom stereocenters. The highest BCUT2D eigenvalue weighted by atomic mass is 16.4. The zero-order chi connectivity index (χ0) is 27.8. The van der Waals surface area contributed by atoms with Gasteiger partial charge < -0.3 is 21.2 Å². The summed E-state index contributed by atoms with van der Waals surface area (Å²) in [5.74, 6) is 3.87. The maximum absolute atomic E-state index is 11.5. The Morgan fingerprint density at radius 1 is 0.970 bits per heavy atom. The number of hydrogen-bond donors (Lipinski definition) is 4. The van der Waals surface area contributed by atoms with Crippen LogP contribution in [0.25, 0.3) is 0 Å². The van der Waals surface area contributed by atoms with Gasteiger partial charge in [-0.05, 0) is 32.6 Å². The molecule has 33 heavy (non-hydrogen) atoms. The van der Waals surface area contributed by atoms with E-state index < -0.39 is 0 Å². The fourth-order valence-corrected chi connectivity index (χ4v) is 1.88. The number of hydrogen-bond acceptors (Lipinski definition) is 5. The van der Waals surface area contributed by atoms with Crippen molar-refractivity contribution in [2.75, 3.05) is 13.1 Å². The van der Waals surface area contributed by atoms with Crippen LogP contribution in [0.1, 0.15) is 119 Å². The third-order valence-corrected chi connectivity index (χ3v) is 3.22. The number of allylic oxidation sites excluding steroid dienone is 2. The maximum Gasteiger partial charge on any atom is 0.223 e. The monoisotopic (exact) mass is 484 g/mol. The van der Waals surface area contributed by atoms with Gasteiger partial charge in [-0.25, -0.2) is 5.90 Å². The van der Waals surface area contributed by atoms with Crippen molar-refractivity contribution in [2.45, 2.75) is 115 Å². The van der Waals surface area contributed by atoms with E-state index in [1.54, 1.807) is 11.8 Å². The van der Waals surface area contributed by atoms with Crippen LogP contribution in [-0.4, -0.2) is 40.9 Å². The largest absolute Gasteiger partial charge is 0.370 e. The van der Waals surface area contributed by atoms with Crippen molar-refractivity contribution in [2.24, 2.45) is 17.5 Å². The van der Waals surface area contributed by atoms with Crippen LogP contribution in [0.5, 0.6) is 0 Å². The molecule has 0 aliphatic rings. The number of primary amides is 1. The summed E-state index contributed by atoms with van der Waals surface area (Å²) >= 11 is 0. The van der Waals surface area contributed by atoms with Gasteiger partial charge in [0.15, 0.2) is 0 Å². The second kappa shape index (κ2) is 40.4. The van der Waals surface area contributed by atoms with E-state index in [0.717, 1.165) is 38.0 Å². The normalized spacial score (nSPS) is 8.88. The van der Waals surface area contributed by atoms with Crippen LogP contribution in [-0.2, 0) is 14.4 Å². The molecule has 0 aromatic heterocycles. The first-order chi connectivity index (χ1) is 15.5. The van der Waals surface area contributed by atoms with Crippen molar-refractivity contribution >= 4 is 17.7 Å². The molecule has 0 atom stereocenters. The first-order valence-corrected chi connectivity index (χ1v) is 12.2. The molecule has 0 bridgehead atoms. The van der Waals surface area contributed by atoms with Gasteiger partial charge in [0.2, 0.25) is 17.7 Å². The van der Waals surface area contributed by atoms with Crippen LogP contribution in [0.2, 0.25) is 0 Å². The van der Waals surface area contributed by atoms with E-state index in [2.05, 4.69) is 44.6 Å². The van der Waals surface area contributed by atoms with Gasteiger partial charge >= 0.3 is 0 Å². The van der Waals surface area contributed by atoms with Crippen molar-refractivity contribution in [1.82, 2.24) is 10.2 Å². The molecule has 8 nitrogen and oxygen atoms in total. The van der Waals surface area contributed by atoms with Crippen LogP contribution >= 0.6 is 0 Å². The molecule has 0 saturated heterocycles. The van der Waals surface area contributed by atoms with E-state index in [1.165, 1.54) is 13.3 Å². The zero-order valence-corrected chi connectivity index (χ0v) is 23.9. The van der Waals surface area contributed by atoms with E-state index in [4.69, 9.17) is 5.21 Å². The number of unbranched alkanes of at least 4 members (excludes halogenated alkanes) is 2. The lowest BCUT2D eigenvalue weighted by molar-refractivity contribution is -0.127. The van der Waals surface area contributed by atoms with E-state index >= 15 is 0 Å². The van der Waals surface area contributed by atoms with Crippen molar-refractivity contribution in [3.05, 3.63) is 11.8 Å². The average Bonchev–Trinajstić information content (AvgIpc) is 2.78. The molecule has 0 aromatic rings. The standard InChI is InChI=1S/C16H30N2O2.C3H8.C2H5NO.2C2H6.H3NO.3H2/c1-6-14(4)18(15(5)19)11-9-7-8-10-16(20)17-12-13(2)3;1-3-2;1-2(3)4;3*1-2;;;/h6,13H,7-12H2,1-5H3,(H,17,20);3H2,1-2H3;1H3,(H2,3,4);2*1-2H3;2H,1H2;3*1H. The Bertz CT molecular complexity index is 451. The van der Waals surface area contributed by atoms with Gasteiger partial charge in [-0.3, -0.25) is 14.4 Å². The van der Waals surface area contributed by atoms with Gasteiger partial charge in [0.05, 0.1) is 0 Å². The molecule has 0 heterocycles. The van der Waals surface area contributed by atoms with Gasteiger partial charge in [-0.1, -0.05) is 74.3 Å². The molecular formula is C25H64N4O4. The predicted molar refractivity (Wildman–Crippen MR) is 149 cm³/mol. The third-order valence-electron chi connectivity index (χ3n) is 3.22. The van der Waals surface area contributed by atoms with E-state index in [9.17, 15) is 14.4 Å². The van der Waals surface area contributed by atoms with Gasteiger partial charge in [0.1, 0.15) is 0 Å². The molecule has 0 aliphatic heterocycles. The summed E-state index contributed by atoms with van der Waals surface area (Å²) in [5, 5.41) is 9.41. The van der Waals surface area contributed by atoms with Crippen molar-refractivity contribution in [1.29, 1.82) is 0 Å². The average molecular weight is 485 g/mol. The SMILES string of the molecule is CC.CC.CC(N)=O.CC=C(C)N(CCCCCC(=O)NCC(C)C)C(C)=O.CCC.NO.[HH].[HH].[HH]. The number of nitrogens with one attached hydrogen (secondary N) is 1. The first-order valence-electron chi connectivity index (χ1n) is 12.2. The lowest BCUT2D eigenvalue weighted by Crippen LogP contribution is -2.28. The second-order valence-electron chi connectivity index (χ2n) is 6.93. The molecule has 0 radical (unpaired) electrons. The predicted octanol–water partition coefficient (Wildman–Crippen LogP) is 6.12. The summed E-state index contributed by atoms with van der Waals surface area (Å²) in [6, 6.07) is 0. The van der Waals surface area contributed by atoms with Gasteiger partial charge in [0.25, 0.3) is 0 Å². The molecule has 0 aromatic carbocycles. The summed E-state index contributed by atoms with van der Waals surface area (Å²) in [4.78, 5) is 34.0. The first kappa shape index (κ1) is 44.7. The van der Waals surface area contributed by atoms with Crippen LogP contribution in [0.15, 0.2) is 11.8 Å². The van der Waals surface area contributed by atoms with Crippen LogP contribution < -0.4 is 16.9 Å². The topological polar surface area (TPSA) is 139 Å². The minimum Gasteiger partial charge on any atom is -0.370 e. The quantitative estimate of drug-likeness (QED) is 0.230. The van der Waals surface area contributed by atoms with Crippen molar-refractivity contribution < 1.29 is 23.9 Å². The highest BCUT2D eigenvalue weighted by molar-refractivity contribution is 5.76. The number of nitrogens with zero attached hydrogens (tertiary/aromatic N) is 1. The summed E-state index contributed by atoms with van der Waals surface area (Å²) in [5.41, 5.74) is 5.46. The smallest absolute Gasteiger partial charge is 0.223 e. The number of carbonyl (C=O) groups is 3. The molecule has 0 rings (SSSR count). The van der Waals surface area contributed by atoms with E-state index in [1.807, 2.05) is 47.6 Å². The fourth-order valence-electron chi connectivity index (χ4n) is 1.88. The van der Waals surface area contributed by atoms with E-state index in [0.29, 0.717) is 12.3 Å². The molecule has 0 saturated carbocycles. The number of rotatable bonds is 9. The number of nitrogens with two attached hydrogens (primary N) is 2. The third kappa shape index (κ3) is 53.4. The summed E-state index contributed by atoms with van der Waals surface area (Å²) in [6.45, 7) is 24.7. The Morgan fingerprint density at radius 2 is 1.36 bits per heavy atom. The molecule has 6 N–H and O–H groups in total. The Balaban J connectivity index is -0.0000000552. The number of carbonyl (C=O) groups excluding carboxylic acids is 3. The van der Waals surface area contributed by atoms with Gasteiger partial charge in [0, 0.05) is 43.3 Å². The molecule has 0 fully saturated rings. The molecule has 0 spiro atoms. The van der Waals surface area contributed by atoms with Crippen LogP contribution in [0, 0.1) is 5.92 Å². The molecule has 0 aliphatic carbocycles. The minimum absolute atomic E-state index is 0. The summed E-state index contributed by atoms with van der Waals surface area (Å²) in [6.07, 6.45) is 6.55. The lowest BCUT2D eigenvalue weighted by Gasteiger charge is -2.21. The fraction of sp³-hybridized carbons (Fsp3) is 0.800. The zero-order valence-electron chi connectivity index (χ0n) is 23.9. The Labute approximate surface area is 210 Å². The second-order valence-corrected chi connectivity index (χ2v) is 6.93. The Kier molecular flexibility index (Phi) is 54.8. The highest BCUT2D eigenvalue weighted by Crippen LogP contribution is 2.08. The van der Waals surface area contributed by atoms with Crippen LogP contribution in [0.4, 0.5) is 0 Å². The molecule has 3 amide bonds. The van der Waals surface area contributed by atoms with Gasteiger partial charge in [-0.2, -0.15) is 0 Å². The number of amides is 3. The highest BCUT2D eigenvalue weighted by Gasteiger charge is 2.09. The molecule has 208 valence electrons.